The van der Waals surface area contributed by atoms with Gasteiger partial charge in [0.15, 0.2) is 0 Å². The van der Waals surface area contributed by atoms with E-state index in [1.165, 1.54) is 0 Å². The number of allylic oxidation sites excluding steroid dienone is 2. The van der Waals surface area contributed by atoms with Crippen molar-refractivity contribution >= 4 is 33.8 Å². The molecule has 5 rings (SSSR count). The van der Waals surface area contributed by atoms with E-state index in [0.717, 1.165) is 78.0 Å². The Balaban J connectivity index is 1.77. The number of methoxy groups -OCH3 is 1. The molecular weight excluding hydrogens is 434 g/mol. The number of aliphatic hydroxyl groups is 1. The minimum absolute atomic E-state index is 0.174. The van der Waals surface area contributed by atoms with Gasteiger partial charge in [-0.3, -0.25) is 0 Å². The first-order chi connectivity index (χ1) is 15.9. The van der Waals surface area contributed by atoms with Crippen LogP contribution in [0.1, 0.15) is 51.5 Å². The van der Waals surface area contributed by atoms with Crippen LogP contribution < -0.4 is 20.3 Å². The Bertz CT molecular complexity index is 1230. The maximum atomic E-state index is 12.2. The topological polar surface area (TPSA) is 50.5 Å². The number of imidazole rings is 1. The Morgan fingerprint density at radius 2 is 2.09 bits per heavy atom. The molecule has 176 valence electrons. The first kappa shape index (κ1) is 22.5. The zero-order valence-corrected chi connectivity index (χ0v) is 20.8. The van der Waals surface area contributed by atoms with Crippen molar-refractivity contribution in [2.24, 2.45) is 11.8 Å². The predicted octanol–water partition coefficient (Wildman–Crippen LogP) is 4.39. The van der Waals surface area contributed by atoms with Gasteiger partial charge in [0.1, 0.15) is 11.1 Å². The zero-order chi connectivity index (χ0) is 23.3. The molecule has 5 nitrogen and oxygen atoms in total. The van der Waals surface area contributed by atoms with Crippen LogP contribution in [0.5, 0.6) is 5.75 Å². The van der Waals surface area contributed by atoms with Crippen LogP contribution in [0.2, 0.25) is 0 Å². The fourth-order valence-corrected chi connectivity index (χ4v) is 5.91. The molecule has 0 spiro atoms. The van der Waals surface area contributed by atoms with Crippen molar-refractivity contribution in [1.82, 2.24) is 9.55 Å². The molecule has 2 heterocycles. The van der Waals surface area contributed by atoms with Crippen LogP contribution in [0.15, 0.2) is 30.4 Å². The molecule has 33 heavy (non-hydrogen) atoms. The summed E-state index contributed by atoms with van der Waals surface area (Å²) >= 11 is 6.78. The molecule has 0 radical (unpaired) electrons. The molecular formula is C27H34ClN3O2. The summed E-state index contributed by atoms with van der Waals surface area (Å²) in [4.78, 5) is 7.40. The fourth-order valence-electron chi connectivity index (χ4n) is 5.69. The van der Waals surface area contributed by atoms with Gasteiger partial charge in [-0.25, -0.2) is 4.98 Å². The SMILES string of the molecule is CCC(C)C(O)(C1=c2c(nc3n2CCCN3c2ccc(OC)cc2C)=C(Cl)C=CC1)C1CC1. The Morgan fingerprint density at radius 1 is 1.30 bits per heavy atom. The Morgan fingerprint density at radius 3 is 2.76 bits per heavy atom. The second-order valence-electron chi connectivity index (χ2n) is 9.76. The van der Waals surface area contributed by atoms with Crippen LogP contribution in [-0.4, -0.2) is 33.9 Å². The van der Waals surface area contributed by atoms with Gasteiger partial charge < -0.3 is 19.3 Å². The second kappa shape index (κ2) is 8.52. The number of fused-ring (bicyclic) bond motifs is 3. The number of aryl methyl sites for hydroxylation is 1. The summed E-state index contributed by atoms with van der Waals surface area (Å²) < 4.78 is 7.72. The highest BCUT2D eigenvalue weighted by atomic mass is 35.5. The number of ether oxygens (including phenoxy) is 1. The van der Waals surface area contributed by atoms with E-state index in [1.54, 1.807) is 7.11 Å². The van der Waals surface area contributed by atoms with E-state index in [1.807, 2.05) is 12.1 Å². The van der Waals surface area contributed by atoms with Crippen molar-refractivity contribution in [2.45, 2.75) is 65.0 Å². The molecule has 2 unspecified atom stereocenters. The van der Waals surface area contributed by atoms with E-state index in [4.69, 9.17) is 21.3 Å². The Hall–Kier alpha value is -2.24. The summed E-state index contributed by atoms with van der Waals surface area (Å²) in [5, 5.41) is 14.7. The minimum Gasteiger partial charge on any atom is -0.497 e. The number of rotatable bonds is 6. The number of anilines is 2. The van der Waals surface area contributed by atoms with Crippen molar-refractivity contribution in [3.8, 4) is 5.75 Å². The zero-order valence-electron chi connectivity index (χ0n) is 20.1. The lowest BCUT2D eigenvalue weighted by molar-refractivity contribution is 0.0192. The summed E-state index contributed by atoms with van der Waals surface area (Å²) in [7, 11) is 1.69. The number of halogens is 1. The molecule has 0 bridgehead atoms. The van der Waals surface area contributed by atoms with Gasteiger partial charge in [-0.2, -0.15) is 0 Å². The van der Waals surface area contributed by atoms with Crippen molar-refractivity contribution in [1.29, 1.82) is 0 Å². The molecule has 1 fully saturated rings. The van der Waals surface area contributed by atoms with E-state index in [9.17, 15) is 5.11 Å². The molecule has 1 saturated carbocycles. The molecule has 2 aromatic rings. The molecule has 1 aromatic heterocycles. The molecule has 3 aliphatic rings. The molecule has 1 aliphatic heterocycles. The van der Waals surface area contributed by atoms with Crippen molar-refractivity contribution in [3.05, 3.63) is 46.6 Å². The van der Waals surface area contributed by atoms with Crippen LogP contribution >= 0.6 is 11.6 Å². The molecule has 0 saturated heterocycles. The maximum Gasteiger partial charge on any atom is 0.211 e. The first-order valence-electron chi connectivity index (χ1n) is 12.2. The highest BCUT2D eigenvalue weighted by molar-refractivity contribution is 6.47. The standard InChI is InChI=1S/C27H34ClN3O2/c1-5-18(3)27(32,19-10-11-19)21-8-6-9-22(28)24-25(21)31-15-7-14-30(26(31)29-24)23-13-12-20(33-4)16-17(23)2/h6,9,12-13,16,18-19,32H,5,7-8,10-11,14-15H2,1-4H3. The number of hydrogen-bond acceptors (Lipinski definition) is 4. The third kappa shape index (κ3) is 3.60. The van der Waals surface area contributed by atoms with E-state index in [0.29, 0.717) is 17.4 Å². The van der Waals surface area contributed by atoms with E-state index in [2.05, 4.69) is 48.4 Å². The Kier molecular flexibility index (Phi) is 5.82. The lowest BCUT2D eigenvalue weighted by Gasteiger charge is -2.37. The van der Waals surface area contributed by atoms with Gasteiger partial charge in [-0.05, 0) is 79.9 Å². The van der Waals surface area contributed by atoms with Gasteiger partial charge in [-0.1, -0.05) is 37.9 Å². The Labute approximate surface area is 201 Å². The van der Waals surface area contributed by atoms with E-state index < -0.39 is 5.60 Å². The van der Waals surface area contributed by atoms with E-state index in [-0.39, 0.29) is 5.92 Å². The van der Waals surface area contributed by atoms with Crippen LogP contribution in [0.25, 0.3) is 10.6 Å². The molecule has 1 N–H and O–H groups in total. The first-order valence-corrected chi connectivity index (χ1v) is 12.6. The van der Waals surface area contributed by atoms with Gasteiger partial charge in [0.2, 0.25) is 5.95 Å². The van der Waals surface area contributed by atoms with Gasteiger partial charge in [0, 0.05) is 18.8 Å². The smallest absolute Gasteiger partial charge is 0.211 e. The van der Waals surface area contributed by atoms with Crippen molar-refractivity contribution in [3.63, 3.8) is 0 Å². The summed E-state index contributed by atoms with van der Waals surface area (Å²) in [6.45, 7) is 8.23. The molecule has 2 atom stereocenters. The lowest BCUT2D eigenvalue weighted by Crippen LogP contribution is -2.47. The van der Waals surface area contributed by atoms with Gasteiger partial charge in [-0.15, -0.1) is 0 Å². The molecule has 2 aliphatic carbocycles. The summed E-state index contributed by atoms with van der Waals surface area (Å²) in [5.74, 6) is 2.25. The lowest BCUT2D eigenvalue weighted by atomic mass is 9.75. The predicted molar refractivity (Wildman–Crippen MR) is 134 cm³/mol. The fraction of sp³-hybridized carbons (Fsp3) is 0.519. The highest BCUT2D eigenvalue weighted by Gasteiger charge is 2.50. The minimum atomic E-state index is -0.829. The van der Waals surface area contributed by atoms with Crippen LogP contribution in [0.4, 0.5) is 11.6 Å². The number of aromatic nitrogens is 2. The molecule has 6 heteroatoms. The number of benzene rings is 1. The van der Waals surface area contributed by atoms with Crippen molar-refractivity contribution in [2.75, 3.05) is 18.6 Å². The van der Waals surface area contributed by atoms with Crippen LogP contribution in [0, 0.1) is 18.8 Å². The highest BCUT2D eigenvalue weighted by Crippen LogP contribution is 2.50. The second-order valence-corrected chi connectivity index (χ2v) is 10.2. The van der Waals surface area contributed by atoms with Gasteiger partial charge >= 0.3 is 0 Å². The van der Waals surface area contributed by atoms with Crippen LogP contribution in [-0.2, 0) is 6.54 Å². The number of nitrogens with zero attached hydrogens (tertiary/aromatic N) is 3. The number of hydrogen-bond donors (Lipinski definition) is 1. The quantitative estimate of drug-likeness (QED) is 0.684. The van der Waals surface area contributed by atoms with Crippen LogP contribution in [0.3, 0.4) is 0 Å². The summed E-state index contributed by atoms with van der Waals surface area (Å²) in [6.07, 6.45) is 8.86. The third-order valence-electron chi connectivity index (χ3n) is 7.79. The largest absolute Gasteiger partial charge is 0.497 e. The maximum absolute atomic E-state index is 12.2. The normalized spacial score (nSPS) is 20.7. The average Bonchev–Trinajstić information content (AvgIpc) is 3.63. The molecule has 0 amide bonds. The van der Waals surface area contributed by atoms with E-state index >= 15 is 0 Å². The summed E-state index contributed by atoms with van der Waals surface area (Å²) in [5.41, 5.74) is 2.54. The summed E-state index contributed by atoms with van der Waals surface area (Å²) in [6, 6.07) is 6.18. The average molecular weight is 468 g/mol. The third-order valence-corrected chi connectivity index (χ3v) is 8.10. The monoisotopic (exact) mass is 467 g/mol. The van der Waals surface area contributed by atoms with Gasteiger partial charge in [0.25, 0.3) is 0 Å². The van der Waals surface area contributed by atoms with Gasteiger partial charge in [0.05, 0.1) is 23.1 Å². The van der Waals surface area contributed by atoms with Crippen molar-refractivity contribution < 1.29 is 9.84 Å². The molecule has 1 aromatic carbocycles.